The summed E-state index contributed by atoms with van der Waals surface area (Å²) in [6.07, 6.45) is 0. The van der Waals surface area contributed by atoms with Crippen molar-refractivity contribution in [3.05, 3.63) is 48.0 Å². The maximum absolute atomic E-state index is 13.2. The quantitative estimate of drug-likeness (QED) is 0.447. The molecule has 0 aliphatic heterocycles. The van der Waals surface area contributed by atoms with E-state index in [2.05, 4.69) is 29.0 Å². The van der Waals surface area contributed by atoms with Crippen LogP contribution in [0.4, 0.5) is 10.8 Å². The number of benzene rings is 2. The predicted molar refractivity (Wildman–Crippen MR) is 137 cm³/mol. The Kier molecular flexibility index (Phi) is 7.76. The van der Waals surface area contributed by atoms with Gasteiger partial charge in [-0.3, -0.25) is 10.1 Å². The van der Waals surface area contributed by atoms with E-state index in [9.17, 15) is 13.2 Å². The van der Waals surface area contributed by atoms with Gasteiger partial charge in [0.05, 0.1) is 15.1 Å². The Bertz CT molecular complexity index is 1210. The largest absolute Gasteiger partial charge is 0.372 e. The van der Waals surface area contributed by atoms with Crippen molar-refractivity contribution in [3.63, 3.8) is 0 Å². The molecule has 1 heterocycles. The van der Waals surface area contributed by atoms with E-state index in [1.54, 1.807) is 30.3 Å². The number of rotatable bonds is 9. The molecule has 7 nitrogen and oxygen atoms in total. The minimum Gasteiger partial charge on any atom is -0.372 e. The molecule has 1 aromatic heterocycles. The van der Waals surface area contributed by atoms with Crippen molar-refractivity contribution in [2.24, 2.45) is 0 Å². The van der Waals surface area contributed by atoms with Crippen LogP contribution in [0.15, 0.2) is 47.4 Å². The molecule has 3 aromatic rings. The zero-order chi connectivity index (χ0) is 24.3. The SMILES string of the molecule is CCN(CC)c1ccc(C(=O)Nc2nc3ccc(S(=O)(=O)N(C(C)C)C(C)C)cc3s2)cc1. The summed E-state index contributed by atoms with van der Waals surface area (Å²) in [5.41, 5.74) is 2.26. The monoisotopic (exact) mass is 488 g/mol. The van der Waals surface area contributed by atoms with Crippen LogP contribution in [-0.2, 0) is 10.0 Å². The van der Waals surface area contributed by atoms with Crippen molar-refractivity contribution in [2.45, 2.75) is 58.5 Å². The fourth-order valence-electron chi connectivity index (χ4n) is 3.97. The predicted octanol–water partition coefficient (Wildman–Crippen LogP) is 5.20. The molecule has 0 atom stereocenters. The van der Waals surface area contributed by atoms with Gasteiger partial charge >= 0.3 is 0 Å². The van der Waals surface area contributed by atoms with Crippen molar-refractivity contribution < 1.29 is 13.2 Å². The maximum Gasteiger partial charge on any atom is 0.257 e. The highest BCUT2D eigenvalue weighted by atomic mass is 32.2. The lowest BCUT2D eigenvalue weighted by atomic mass is 10.2. The number of nitrogens with one attached hydrogen (secondary N) is 1. The van der Waals surface area contributed by atoms with Crippen molar-refractivity contribution in [1.29, 1.82) is 0 Å². The summed E-state index contributed by atoms with van der Waals surface area (Å²) in [5.74, 6) is -0.251. The van der Waals surface area contributed by atoms with Crippen LogP contribution in [0.1, 0.15) is 51.9 Å². The van der Waals surface area contributed by atoms with Crippen LogP contribution in [0.25, 0.3) is 10.2 Å². The molecular formula is C24H32N4O3S2. The number of carbonyl (C=O) groups excluding carboxylic acids is 1. The topological polar surface area (TPSA) is 82.6 Å². The molecule has 0 fully saturated rings. The van der Waals surface area contributed by atoms with E-state index in [4.69, 9.17) is 0 Å². The molecule has 0 bridgehead atoms. The molecule has 0 spiro atoms. The molecule has 0 unspecified atom stereocenters. The van der Waals surface area contributed by atoms with Gasteiger partial charge in [-0.2, -0.15) is 4.31 Å². The lowest BCUT2D eigenvalue weighted by Crippen LogP contribution is -2.41. The molecule has 0 aliphatic rings. The molecule has 0 saturated carbocycles. The van der Waals surface area contributed by atoms with E-state index in [1.165, 1.54) is 15.6 Å². The second-order valence-electron chi connectivity index (χ2n) is 8.34. The molecule has 1 amide bonds. The van der Waals surface area contributed by atoms with Gasteiger partial charge in [-0.25, -0.2) is 13.4 Å². The molecule has 0 saturated heterocycles. The van der Waals surface area contributed by atoms with E-state index in [-0.39, 0.29) is 22.9 Å². The Labute approximate surface area is 200 Å². The lowest BCUT2D eigenvalue weighted by Gasteiger charge is -2.29. The number of thiazole rings is 1. The number of amides is 1. The second-order valence-corrected chi connectivity index (χ2v) is 11.2. The molecule has 9 heteroatoms. The van der Waals surface area contributed by atoms with Gasteiger partial charge in [0, 0.05) is 36.4 Å². The molecule has 178 valence electrons. The summed E-state index contributed by atoms with van der Waals surface area (Å²) in [6.45, 7) is 13.5. The van der Waals surface area contributed by atoms with Gasteiger partial charge < -0.3 is 4.90 Å². The van der Waals surface area contributed by atoms with Crippen LogP contribution >= 0.6 is 11.3 Å². The first kappa shape index (κ1) is 25.1. The van der Waals surface area contributed by atoms with Gasteiger partial charge in [0.1, 0.15) is 0 Å². The number of fused-ring (bicyclic) bond motifs is 1. The third kappa shape index (κ3) is 5.37. The Balaban J connectivity index is 1.83. The Morgan fingerprint density at radius 1 is 1.00 bits per heavy atom. The van der Waals surface area contributed by atoms with Crippen LogP contribution < -0.4 is 10.2 Å². The van der Waals surface area contributed by atoms with E-state index in [0.717, 1.165) is 18.8 Å². The maximum atomic E-state index is 13.2. The molecule has 33 heavy (non-hydrogen) atoms. The van der Waals surface area contributed by atoms with Gasteiger partial charge in [0.2, 0.25) is 10.0 Å². The van der Waals surface area contributed by atoms with Crippen LogP contribution in [0.3, 0.4) is 0 Å². The highest BCUT2D eigenvalue weighted by Gasteiger charge is 2.29. The van der Waals surface area contributed by atoms with Crippen LogP contribution in [0.5, 0.6) is 0 Å². The normalized spacial score (nSPS) is 12.2. The van der Waals surface area contributed by atoms with Gasteiger partial charge in [-0.1, -0.05) is 11.3 Å². The number of sulfonamides is 1. The summed E-state index contributed by atoms with van der Waals surface area (Å²) < 4.78 is 28.6. The first-order chi connectivity index (χ1) is 15.6. The van der Waals surface area contributed by atoms with Crippen molar-refractivity contribution in [2.75, 3.05) is 23.3 Å². The molecule has 0 aliphatic carbocycles. The summed E-state index contributed by atoms with van der Waals surface area (Å²) in [4.78, 5) is 19.6. The highest BCUT2D eigenvalue weighted by molar-refractivity contribution is 7.89. The smallest absolute Gasteiger partial charge is 0.257 e. The molecule has 1 N–H and O–H groups in total. The first-order valence-electron chi connectivity index (χ1n) is 11.2. The van der Waals surface area contributed by atoms with E-state index >= 15 is 0 Å². The number of anilines is 2. The third-order valence-electron chi connectivity index (χ3n) is 5.43. The Morgan fingerprint density at radius 2 is 1.61 bits per heavy atom. The fourth-order valence-corrected chi connectivity index (χ4v) is 6.81. The summed E-state index contributed by atoms with van der Waals surface area (Å²) >= 11 is 1.26. The Hall–Kier alpha value is -2.49. The van der Waals surface area contributed by atoms with E-state index in [1.807, 2.05) is 39.8 Å². The summed E-state index contributed by atoms with van der Waals surface area (Å²) in [6, 6.07) is 12.1. The first-order valence-corrected chi connectivity index (χ1v) is 13.4. The average molecular weight is 489 g/mol. The van der Waals surface area contributed by atoms with Crippen molar-refractivity contribution in [3.8, 4) is 0 Å². The number of aromatic nitrogens is 1. The number of nitrogens with zero attached hydrogens (tertiary/aromatic N) is 3. The number of carbonyl (C=O) groups is 1. The molecule has 3 rings (SSSR count). The van der Waals surface area contributed by atoms with Crippen LogP contribution in [0, 0.1) is 0 Å². The zero-order valence-corrected chi connectivity index (χ0v) is 21.6. The van der Waals surface area contributed by atoms with Crippen LogP contribution in [0.2, 0.25) is 0 Å². The van der Waals surface area contributed by atoms with Gasteiger partial charge in [0.15, 0.2) is 5.13 Å². The fraction of sp³-hybridized carbons (Fsp3) is 0.417. The summed E-state index contributed by atoms with van der Waals surface area (Å²) in [5, 5.41) is 3.27. The van der Waals surface area contributed by atoms with Crippen LogP contribution in [-0.4, -0.2) is 48.8 Å². The van der Waals surface area contributed by atoms with E-state index in [0.29, 0.717) is 20.9 Å². The van der Waals surface area contributed by atoms with Gasteiger partial charge in [-0.05, 0) is 84.0 Å². The van der Waals surface area contributed by atoms with Gasteiger partial charge in [0.25, 0.3) is 5.91 Å². The minimum absolute atomic E-state index is 0.157. The van der Waals surface area contributed by atoms with E-state index < -0.39 is 10.0 Å². The Morgan fingerprint density at radius 3 is 2.15 bits per heavy atom. The van der Waals surface area contributed by atoms with Crippen molar-refractivity contribution >= 4 is 48.3 Å². The number of hydrogen-bond acceptors (Lipinski definition) is 6. The van der Waals surface area contributed by atoms with Gasteiger partial charge in [-0.15, -0.1) is 0 Å². The minimum atomic E-state index is -3.64. The molecular weight excluding hydrogens is 456 g/mol. The summed E-state index contributed by atoms with van der Waals surface area (Å²) in [7, 11) is -3.64. The standard InChI is InChI=1S/C24H32N4O3S2/c1-7-27(8-2)19-11-9-18(10-12-19)23(29)26-24-25-21-14-13-20(15-22(21)32-24)33(30,31)28(16(3)4)17(5)6/h9-17H,7-8H2,1-6H3,(H,25,26,29). The highest BCUT2D eigenvalue weighted by Crippen LogP contribution is 2.30. The third-order valence-corrected chi connectivity index (χ3v) is 8.61. The molecule has 2 aromatic carbocycles. The average Bonchev–Trinajstić information content (AvgIpc) is 3.15. The lowest BCUT2D eigenvalue weighted by molar-refractivity contribution is 0.102. The van der Waals surface area contributed by atoms with Crippen molar-refractivity contribution in [1.82, 2.24) is 9.29 Å². The zero-order valence-electron chi connectivity index (χ0n) is 20.0. The second kappa shape index (κ2) is 10.2. The molecule has 0 radical (unpaired) electrons. The number of hydrogen-bond donors (Lipinski definition) is 1.